The fourth-order valence-electron chi connectivity index (χ4n) is 2.62. The topological polar surface area (TPSA) is 63.8 Å². The van der Waals surface area contributed by atoms with E-state index in [1.165, 1.54) is 6.42 Å². The van der Waals surface area contributed by atoms with Gasteiger partial charge in [-0.15, -0.1) is 10.2 Å². The average molecular weight is 304 g/mol. The van der Waals surface area contributed by atoms with Crippen molar-refractivity contribution < 1.29 is 5.11 Å². The molecular formula is C15H20N4OS. The van der Waals surface area contributed by atoms with Crippen molar-refractivity contribution in [1.82, 2.24) is 19.7 Å². The number of aliphatic hydroxyl groups is 1. The molecule has 0 saturated heterocycles. The maximum Gasteiger partial charge on any atom is 0.191 e. The Bertz CT molecular complexity index is 560. The van der Waals surface area contributed by atoms with Crippen LogP contribution in [0.25, 0.3) is 0 Å². The lowest BCUT2D eigenvalue weighted by Gasteiger charge is -2.26. The van der Waals surface area contributed by atoms with E-state index in [-0.39, 0.29) is 11.4 Å². The summed E-state index contributed by atoms with van der Waals surface area (Å²) in [5.74, 6) is 0. The number of aromatic nitrogens is 4. The molecule has 2 unspecified atom stereocenters. The van der Waals surface area contributed by atoms with Gasteiger partial charge in [-0.05, 0) is 25.0 Å². The minimum atomic E-state index is -0.218. The molecule has 21 heavy (non-hydrogen) atoms. The third-order valence-electron chi connectivity index (χ3n) is 3.84. The number of hydrogen-bond acceptors (Lipinski definition) is 5. The first-order valence-electron chi connectivity index (χ1n) is 7.45. The van der Waals surface area contributed by atoms with Gasteiger partial charge in [-0.1, -0.05) is 30.7 Å². The molecule has 0 amide bonds. The highest BCUT2D eigenvalue weighted by molar-refractivity contribution is 7.99. The van der Waals surface area contributed by atoms with Crippen molar-refractivity contribution in [3.8, 4) is 0 Å². The number of thioether (sulfide) groups is 1. The second-order valence-electron chi connectivity index (χ2n) is 5.39. The molecule has 0 spiro atoms. The number of nitrogens with zero attached hydrogens (tertiary/aromatic N) is 4. The van der Waals surface area contributed by atoms with Crippen LogP contribution in [0.5, 0.6) is 0 Å². The maximum atomic E-state index is 10.1. The number of aryl methyl sites for hydroxylation is 2. The molecule has 6 heteroatoms. The third kappa shape index (κ3) is 3.83. The van der Waals surface area contributed by atoms with Crippen LogP contribution < -0.4 is 0 Å². The highest BCUT2D eigenvalue weighted by atomic mass is 32.2. The van der Waals surface area contributed by atoms with Gasteiger partial charge in [0.2, 0.25) is 0 Å². The molecule has 0 aliphatic heterocycles. The third-order valence-corrected chi connectivity index (χ3v) is 5.22. The Labute approximate surface area is 128 Å². The van der Waals surface area contributed by atoms with Gasteiger partial charge >= 0.3 is 0 Å². The van der Waals surface area contributed by atoms with Crippen molar-refractivity contribution >= 4 is 11.8 Å². The van der Waals surface area contributed by atoms with Crippen molar-refractivity contribution in [1.29, 1.82) is 0 Å². The summed E-state index contributed by atoms with van der Waals surface area (Å²) >= 11 is 1.66. The summed E-state index contributed by atoms with van der Waals surface area (Å²) in [5.41, 5.74) is 1.07. The molecule has 3 rings (SSSR count). The maximum absolute atomic E-state index is 10.1. The minimum Gasteiger partial charge on any atom is -0.392 e. The van der Waals surface area contributed by atoms with Gasteiger partial charge < -0.3 is 9.67 Å². The molecular weight excluding hydrogens is 284 g/mol. The molecule has 1 saturated carbocycles. The largest absolute Gasteiger partial charge is 0.392 e. The Morgan fingerprint density at radius 2 is 2.19 bits per heavy atom. The molecule has 2 aromatic heterocycles. The molecule has 2 atom stereocenters. The Balaban J connectivity index is 1.61. The van der Waals surface area contributed by atoms with E-state index in [4.69, 9.17) is 0 Å². The summed E-state index contributed by atoms with van der Waals surface area (Å²) in [4.78, 5) is 4.33. The van der Waals surface area contributed by atoms with Gasteiger partial charge in [0.15, 0.2) is 5.16 Å². The number of aliphatic hydroxyl groups excluding tert-OH is 1. The molecule has 1 N–H and O–H groups in total. The van der Waals surface area contributed by atoms with Gasteiger partial charge in [0.05, 0.1) is 6.10 Å². The second-order valence-corrected chi connectivity index (χ2v) is 6.59. The van der Waals surface area contributed by atoms with E-state index in [0.29, 0.717) is 0 Å². The van der Waals surface area contributed by atoms with E-state index in [2.05, 4.69) is 19.7 Å². The van der Waals surface area contributed by atoms with Crippen LogP contribution in [0.3, 0.4) is 0 Å². The van der Waals surface area contributed by atoms with E-state index in [0.717, 1.165) is 43.1 Å². The van der Waals surface area contributed by atoms with Crippen LogP contribution in [0.15, 0.2) is 35.9 Å². The zero-order valence-corrected chi connectivity index (χ0v) is 12.7. The molecule has 1 fully saturated rings. The molecule has 1 aliphatic carbocycles. The molecule has 0 radical (unpaired) electrons. The molecule has 5 nitrogen and oxygen atoms in total. The molecule has 0 aromatic carbocycles. The first-order valence-corrected chi connectivity index (χ1v) is 8.33. The van der Waals surface area contributed by atoms with Crippen LogP contribution >= 0.6 is 11.8 Å². The molecule has 1 aliphatic rings. The van der Waals surface area contributed by atoms with Gasteiger partial charge in [0.1, 0.15) is 6.33 Å². The average Bonchev–Trinajstić information content (AvgIpc) is 2.96. The van der Waals surface area contributed by atoms with Gasteiger partial charge in [-0.3, -0.25) is 4.98 Å². The number of rotatable bonds is 5. The lowest BCUT2D eigenvalue weighted by atomic mass is 9.97. The zero-order valence-electron chi connectivity index (χ0n) is 11.9. The summed E-state index contributed by atoms with van der Waals surface area (Å²) in [6.07, 6.45) is 8.50. The Hall–Kier alpha value is -1.40. The summed E-state index contributed by atoms with van der Waals surface area (Å²) in [5, 5.41) is 19.4. The predicted molar refractivity (Wildman–Crippen MR) is 82.1 cm³/mol. The SMILES string of the molecule is OC1CCCCC1Sc1nncn1CCc1ccccn1. The smallest absolute Gasteiger partial charge is 0.191 e. The van der Waals surface area contributed by atoms with Crippen LogP contribution in [0, 0.1) is 0 Å². The zero-order chi connectivity index (χ0) is 14.5. The molecule has 2 aromatic rings. The first-order chi connectivity index (χ1) is 10.3. The fourth-order valence-corrected chi connectivity index (χ4v) is 3.84. The Kier molecular flexibility index (Phi) is 4.87. The molecule has 2 heterocycles. The predicted octanol–water partition coefficient (Wildman–Crippen LogP) is 2.31. The van der Waals surface area contributed by atoms with Crippen LogP contribution in [-0.2, 0) is 13.0 Å². The summed E-state index contributed by atoms with van der Waals surface area (Å²) < 4.78 is 2.06. The monoisotopic (exact) mass is 304 g/mol. The highest BCUT2D eigenvalue weighted by Gasteiger charge is 2.25. The van der Waals surface area contributed by atoms with E-state index in [1.54, 1.807) is 18.1 Å². The van der Waals surface area contributed by atoms with Crippen LogP contribution in [0.4, 0.5) is 0 Å². The van der Waals surface area contributed by atoms with E-state index >= 15 is 0 Å². The van der Waals surface area contributed by atoms with E-state index in [1.807, 2.05) is 24.4 Å². The fraction of sp³-hybridized carbons (Fsp3) is 0.533. The van der Waals surface area contributed by atoms with Crippen molar-refractivity contribution in [3.05, 3.63) is 36.4 Å². The number of pyridine rings is 1. The quantitative estimate of drug-likeness (QED) is 0.918. The van der Waals surface area contributed by atoms with Crippen LogP contribution in [0.2, 0.25) is 0 Å². The van der Waals surface area contributed by atoms with Crippen LogP contribution in [-0.4, -0.2) is 36.2 Å². The normalized spacial score (nSPS) is 22.3. The highest BCUT2D eigenvalue weighted by Crippen LogP contribution is 2.32. The summed E-state index contributed by atoms with van der Waals surface area (Å²) in [6, 6.07) is 5.96. The first kappa shape index (κ1) is 14.5. The standard InChI is InChI=1S/C15H20N4OS/c20-13-6-1-2-7-14(13)21-15-18-17-11-19(15)10-8-12-5-3-4-9-16-12/h3-5,9,11,13-14,20H,1-2,6-8,10H2. The Morgan fingerprint density at radius 3 is 3.00 bits per heavy atom. The van der Waals surface area contributed by atoms with Crippen molar-refractivity contribution in [2.24, 2.45) is 0 Å². The van der Waals surface area contributed by atoms with Crippen molar-refractivity contribution in [2.75, 3.05) is 0 Å². The van der Waals surface area contributed by atoms with Crippen molar-refractivity contribution in [2.45, 2.75) is 55.2 Å². The summed E-state index contributed by atoms with van der Waals surface area (Å²) in [6.45, 7) is 0.815. The Morgan fingerprint density at radius 1 is 1.29 bits per heavy atom. The van der Waals surface area contributed by atoms with Crippen LogP contribution in [0.1, 0.15) is 31.4 Å². The minimum absolute atomic E-state index is 0.218. The van der Waals surface area contributed by atoms with E-state index in [9.17, 15) is 5.11 Å². The van der Waals surface area contributed by atoms with Crippen molar-refractivity contribution in [3.63, 3.8) is 0 Å². The van der Waals surface area contributed by atoms with Gasteiger partial charge in [0.25, 0.3) is 0 Å². The summed E-state index contributed by atoms with van der Waals surface area (Å²) in [7, 11) is 0. The number of hydrogen-bond donors (Lipinski definition) is 1. The lowest BCUT2D eigenvalue weighted by Crippen LogP contribution is -2.27. The van der Waals surface area contributed by atoms with Gasteiger partial charge in [0, 0.05) is 30.1 Å². The van der Waals surface area contributed by atoms with E-state index < -0.39 is 0 Å². The van der Waals surface area contributed by atoms with Gasteiger partial charge in [-0.2, -0.15) is 0 Å². The second kappa shape index (κ2) is 7.04. The van der Waals surface area contributed by atoms with Gasteiger partial charge in [-0.25, -0.2) is 0 Å². The molecule has 112 valence electrons. The lowest BCUT2D eigenvalue weighted by molar-refractivity contribution is 0.137. The molecule has 0 bridgehead atoms.